The molecule has 7 heteroatoms. The minimum atomic E-state index is -0.492. The van der Waals surface area contributed by atoms with Gasteiger partial charge >= 0.3 is 5.97 Å². The third kappa shape index (κ3) is 7.29. The first-order chi connectivity index (χ1) is 13.5. The maximum absolute atomic E-state index is 12.3. The van der Waals surface area contributed by atoms with Crippen molar-refractivity contribution in [2.45, 2.75) is 27.2 Å². The number of rotatable bonds is 6. The van der Waals surface area contributed by atoms with Gasteiger partial charge in [-0.25, -0.2) is 4.79 Å². The normalized spacial score (nSPS) is 10.9. The van der Waals surface area contributed by atoms with Crippen molar-refractivity contribution in [1.82, 2.24) is 4.90 Å². The zero-order valence-electron chi connectivity index (χ0n) is 17.3. The van der Waals surface area contributed by atoms with E-state index in [4.69, 9.17) is 15.9 Å². The van der Waals surface area contributed by atoms with Crippen LogP contribution < -0.4 is 15.8 Å². The van der Waals surface area contributed by atoms with Gasteiger partial charge < -0.3 is 20.7 Å². The van der Waals surface area contributed by atoms with E-state index in [2.05, 4.69) is 26.1 Å². The van der Waals surface area contributed by atoms with Gasteiger partial charge in [0.2, 0.25) is 5.91 Å². The molecular formula is C22H28N4O3. The first-order valence-corrected chi connectivity index (χ1v) is 9.30. The monoisotopic (exact) mass is 396 g/mol. The van der Waals surface area contributed by atoms with Crippen LogP contribution in [0.15, 0.2) is 48.5 Å². The number of benzene rings is 2. The molecule has 0 saturated carbocycles. The molecule has 2 aromatic rings. The molecule has 0 fully saturated rings. The highest BCUT2D eigenvalue weighted by Crippen LogP contribution is 2.18. The predicted octanol–water partition coefficient (Wildman–Crippen LogP) is 3.26. The minimum Gasteiger partial charge on any atom is -0.423 e. The molecule has 0 unspecified atom stereocenters. The number of nitrogens with two attached hydrogens (primary N) is 1. The van der Waals surface area contributed by atoms with Gasteiger partial charge in [0.25, 0.3) is 0 Å². The highest BCUT2D eigenvalue weighted by Gasteiger charge is 2.18. The van der Waals surface area contributed by atoms with Crippen LogP contribution in [0.3, 0.4) is 0 Å². The van der Waals surface area contributed by atoms with Gasteiger partial charge in [0, 0.05) is 19.3 Å². The van der Waals surface area contributed by atoms with Gasteiger partial charge in [0.05, 0.1) is 12.0 Å². The van der Waals surface area contributed by atoms with Gasteiger partial charge in [0.1, 0.15) is 5.75 Å². The van der Waals surface area contributed by atoms with Gasteiger partial charge in [-0.05, 0) is 47.4 Å². The molecule has 2 rings (SSSR count). The summed E-state index contributed by atoms with van der Waals surface area (Å²) < 4.78 is 5.37. The van der Waals surface area contributed by atoms with Gasteiger partial charge in [-0.2, -0.15) is 0 Å². The summed E-state index contributed by atoms with van der Waals surface area (Å²) in [5.41, 5.74) is 7.16. The zero-order valence-corrected chi connectivity index (χ0v) is 17.3. The summed E-state index contributed by atoms with van der Waals surface area (Å²) in [6.07, 6.45) is 0.297. The minimum absolute atomic E-state index is 0.0444. The van der Waals surface area contributed by atoms with E-state index >= 15 is 0 Å². The number of carbonyl (C=O) groups excluding carboxylic acids is 2. The van der Waals surface area contributed by atoms with Crippen molar-refractivity contribution in [1.29, 1.82) is 5.41 Å². The van der Waals surface area contributed by atoms with Crippen molar-refractivity contribution < 1.29 is 14.3 Å². The molecule has 0 aliphatic rings. The maximum Gasteiger partial charge on any atom is 0.343 e. The Kier molecular flexibility index (Phi) is 6.98. The second-order valence-corrected chi connectivity index (χ2v) is 8.14. The molecule has 0 saturated heterocycles. The number of carbonyl (C=O) groups is 2. The smallest absolute Gasteiger partial charge is 0.343 e. The number of anilines is 1. The van der Waals surface area contributed by atoms with E-state index in [1.165, 1.54) is 0 Å². The van der Waals surface area contributed by atoms with Crippen molar-refractivity contribution in [2.24, 2.45) is 11.1 Å². The molecule has 0 aliphatic carbocycles. The van der Waals surface area contributed by atoms with E-state index in [-0.39, 0.29) is 17.3 Å². The highest BCUT2D eigenvalue weighted by atomic mass is 16.5. The fourth-order valence-electron chi connectivity index (χ4n) is 2.80. The lowest BCUT2D eigenvalue weighted by Gasteiger charge is -2.26. The second kappa shape index (κ2) is 9.23. The van der Waals surface area contributed by atoms with Crippen molar-refractivity contribution in [3.8, 4) is 5.75 Å². The van der Waals surface area contributed by atoms with Gasteiger partial charge in [-0.3, -0.25) is 10.2 Å². The zero-order chi connectivity index (χ0) is 21.6. The number of ether oxygens (including phenoxy) is 1. The van der Waals surface area contributed by atoms with E-state index in [9.17, 15) is 9.59 Å². The number of amides is 1. The summed E-state index contributed by atoms with van der Waals surface area (Å²) in [6, 6.07) is 13.4. The van der Waals surface area contributed by atoms with Crippen molar-refractivity contribution >= 4 is 23.5 Å². The van der Waals surface area contributed by atoms with Crippen LogP contribution in [0.5, 0.6) is 5.75 Å². The van der Waals surface area contributed by atoms with Crippen LogP contribution in [0.2, 0.25) is 0 Å². The molecule has 0 heterocycles. The Bertz CT molecular complexity index is 868. The fourth-order valence-corrected chi connectivity index (χ4v) is 2.80. The van der Waals surface area contributed by atoms with Crippen LogP contribution in [0.4, 0.5) is 5.69 Å². The Balaban J connectivity index is 1.93. The summed E-state index contributed by atoms with van der Waals surface area (Å²) in [6.45, 7) is 6.95. The lowest BCUT2D eigenvalue weighted by Crippen LogP contribution is -2.35. The van der Waals surface area contributed by atoms with Crippen molar-refractivity contribution in [3.05, 3.63) is 59.7 Å². The SMILES string of the molecule is CN(CC(C)(C)C)C(=O)Cc1ccc(OC(=O)c2ccc(NC(=N)N)cc2)cc1. The highest BCUT2D eigenvalue weighted by molar-refractivity contribution is 5.93. The molecule has 0 aromatic heterocycles. The van der Waals surface area contributed by atoms with E-state index in [0.717, 1.165) is 5.56 Å². The second-order valence-electron chi connectivity index (χ2n) is 8.14. The number of hydrogen-bond acceptors (Lipinski definition) is 4. The van der Waals surface area contributed by atoms with E-state index in [1.807, 2.05) is 0 Å². The van der Waals surface area contributed by atoms with E-state index < -0.39 is 5.97 Å². The molecule has 4 N–H and O–H groups in total. The summed E-state index contributed by atoms with van der Waals surface area (Å²) >= 11 is 0. The Labute approximate surface area is 171 Å². The Morgan fingerprint density at radius 2 is 1.66 bits per heavy atom. The Hall–Kier alpha value is -3.35. The average Bonchev–Trinajstić information content (AvgIpc) is 2.62. The molecular weight excluding hydrogens is 368 g/mol. The van der Waals surface area contributed by atoms with Gasteiger partial charge in [0.15, 0.2) is 5.96 Å². The van der Waals surface area contributed by atoms with Crippen LogP contribution in [0, 0.1) is 10.8 Å². The number of esters is 1. The topological polar surface area (TPSA) is 109 Å². The Morgan fingerprint density at radius 3 is 2.17 bits per heavy atom. The predicted molar refractivity (Wildman–Crippen MR) is 114 cm³/mol. The molecule has 0 spiro atoms. The summed E-state index contributed by atoms with van der Waals surface area (Å²) in [4.78, 5) is 26.3. The summed E-state index contributed by atoms with van der Waals surface area (Å²) in [5, 5.41) is 9.83. The molecule has 7 nitrogen and oxygen atoms in total. The molecule has 0 radical (unpaired) electrons. The largest absolute Gasteiger partial charge is 0.423 e. The Morgan fingerprint density at radius 1 is 1.07 bits per heavy atom. The van der Waals surface area contributed by atoms with Crippen molar-refractivity contribution in [3.63, 3.8) is 0 Å². The van der Waals surface area contributed by atoms with E-state index in [0.29, 0.717) is 30.0 Å². The molecule has 1 amide bonds. The average molecular weight is 396 g/mol. The lowest BCUT2D eigenvalue weighted by molar-refractivity contribution is -0.130. The number of nitrogens with one attached hydrogen (secondary N) is 2. The van der Waals surface area contributed by atoms with Crippen LogP contribution in [0.25, 0.3) is 0 Å². The lowest BCUT2D eigenvalue weighted by atomic mass is 9.96. The maximum atomic E-state index is 12.3. The van der Waals surface area contributed by atoms with Crippen LogP contribution >= 0.6 is 0 Å². The number of likely N-dealkylation sites (N-methyl/N-ethyl adjacent to an activating group) is 1. The molecule has 154 valence electrons. The van der Waals surface area contributed by atoms with Crippen LogP contribution in [0.1, 0.15) is 36.7 Å². The van der Waals surface area contributed by atoms with Crippen LogP contribution in [-0.4, -0.2) is 36.3 Å². The summed E-state index contributed by atoms with van der Waals surface area (Å²) in [7, 11) is 1.81. The standard InChI is InChI=1S/C22H28N4O3/c1-22(2,3)14-26(4)19(27)13-15-5-11-18(12-6-15)29-20(28)16-7-9-17(10-8-16)25-21(23)24/h5-12H,13-14H2,1-4H3,(H4,23,24,25). The molecule has 0 bridgehead atoms. The van der Waals surface area contributed by atoms with E-state index in [1.54, 1.807) is 60.5 Å². The first-order valence-electron chi connectivity index (χ1n) is 9.30. The molecule has 2 aromatic carbocycles. The molecule has 29 heavy (non-hydrogen) atoms. The third-order valence-corrected chi connectivity index (χ3v) is 4.03. The third-order valence-electron chi connectivity index (χ3n) is 4.03. The molecule has 0 aliphatic heterocycles. The number of guanidine groups is 1. The van der Waals surface area contributed by atoms with Gasteiger partial charge in [-0.1, -0.05) is 32.9 Å². The molecule has 0 atom stereocenters. The number of nitrogens with zero attached hydrogens (tertiary/aromatic N) is 1. The number of hydrogen-bond donors (Lipinski definition) is 3. The quantitative estimate of drug-likeness (QED) is 0.301. The fraction of sp³-hybridized carbons (Fsp3) is 0.318. The first kappa shape index (κ1) is 21.9. The van der Waals surface area contributed by atoms with Crippen LogP contribution in [-0.2, 0) is 11.2 Å². The summed E-state index contributed by atoms with van der Waals surface area (Å²) in [5.74, 6) is -0.222. The van der Waals surface area contributed by atoms with Crippen molar-refractivity contribution in [2.75, 3.05) is 18.9 Å². The van der Waals surface area contributed by atoms with Gasteiger partial charge in [-0.15, -0.1) is 0 Å².